The highest BCUT2D eigenvalue weighted by Gasteiger charge is 2.25. The highest BCUT2D eigenvalue weighted by atomic mass is 16.6. The second-order valence-electron chi connectivity index (χ2n) is 6.31. The zero-order valence-electron chi connectivity index (χ0n) is 15.1. The van der Waals surface area contributed by atoms with Gasteiger partial charge in [-0.3, -0.25) is 9.59 Å². The minimum atomic E-state index is -0.501. The average molecular weight is 387 g/mol. The fraction of sp³-hybridized carbons (Fsp3) is 0.316. The smallest absolute Gasteiger partial charge is 0.410 e. The Balaban J connectivity index is 1.46. The summed E-state index contributed by atoms with van der Waals surface area (Å²) in [4.78, 5) is 39.6. The van der Waals surface area contributed by atoms with E-state index >= 15 is 0 Å². The molecule has 2 aromatic rings. The first-order valence-electron chi connectivity index (χ1n) is 8.79. The number of morpholine rings is 1. The third-order valence-electron chi connectivity index (χ3n) is 4.22. The van der Waals surface area contributed by atoms with Crippen LogP contribution in [0.4, 0.5) is 4.79 Å². The van der Waals surface area contributed by atoms with E-state index in [0.717, 1.165) is 0 Å². The summed E-state index contributed by atoms with van der Waals surface area (Å²) >= 11 is 0. The lowest BCUT2D eigenvalue weighted by Crippen LogP contribution is -2.49. The molecule has 0 spiro atoms. The minimum Gasteiger partial charge on any atom is -0.508 e. The summed E-state index contributed by atoms with van der Waals surface area (Å²) in [5.74, 6) is -0.209. The van der Waals surface area contributed by atoms with Gasteiger partial charge in [0.25, 0.3) is 5.91 Å². The van der Waals surface area contributed by atoms with Crippen molar-refractivity contribution in [1.29, 1.82) is 0 Å². The molecule has 1 unspecified atom stereocenters. The van der Waals surface area contributed by atoms with E-state index in [2.05, 4.69) is 10.3 Å². The molecule has 2 heterocycles. The Morgan fingerprint density at radius 1 is 1.29 bits per heavy atom. The molecule has 0 bridgehead atoms. The molecule has 148 valence electrons. The molecular weight excluding hydrogens is 366 g/mol. The zero-order valence-corrected chi connectivity index (χ0v) is 15.1. The summed E-state index contributed by atoms with van der Waals surface area (Å²) in [6.45, 7) is 1.24. The molecule has 1 fully saturated rings. The van der Waals surface area contributed by atoms with Crippen LogP contribution < -0.4 is 10.9 Å². The van der Waals surface area contributed by atoms with Gasteiger partial charge >= 0.3 is 6.09 Å². The number of ether oxygens (including phenoxy) is 2. The number of carbonyl (C=O) groups excluding carboxylic acids is 2. The van der Waals surface area contributed by atoms with Crippen molar-refractivity contribution in [2.75, 3.05) is 26.2 Å². The number of phenols is 1. The Hall–Kier alpha value is -3.33. The van der Waals surface area contributed by atoms with E-state index in [1.165, 1.54) is 41.4 Å². The van der Waals surface area contributed by atoms with E-state index in [1.807, 2.05) is 0 Å². The minimum absolute atomic E-state index is 0.00235. The van der Waals surface area contributed by atoms with Crippen molar-refractivity contribution in [2.45, 2.75) is 12.7 Å². The fourth-order valence-electron chi connectivity index (χ4n) is 2.75. The number of amides is 2. The van der Waals surface area contributed by atoms with Gasteiger partial charge in [0.05, 0.1) is 19.3 Å². The highest BCUT2D eigenvalue weighted by Crippen LogP contribution is 2.11. The van der Waals surface area contributed by atoms with Crippen molar-refractivity contribution >= 4 is 12.0 Å². The maximum atomic E-state index is 12.2. The number of hydrogen-bond acceptors (Lipinski definition) is 6. The van der Waals surface area contributed by atoms with Crippen LogP contribution >= 0.6 is 0 Å². The molecule has 1 aliphatic heterocycles. The first-order chi connectivity index (χ1) is 13.5. The van der Waals surface area contributed by atoms with Crippen molar-refractivity contribution in [3.63, 3.8) is 0 Å². The Morgan fingerprint density at radius 3 is 2.82 bits per heavy atom. The van der Waals surface area contributed by atoms with Crippen LogP contribution in [0.15, 0.2) is 47.4 Å². The van der Waals surface area contributed by atoms with Gasteiger partial charge in [-0.1, -0.05) is 0 Å². The van der Waals surface area contributed by atoms with Gasteiger partial charge in [0, 0.05) is 30.9 Å². The van der Waals surface area contributed by atoms with E-state index in [1.54, 1.807) is 6.07 Å². The van der Waals surface area contributed by atoms with Gasteiger partial charge in [-0.25, -0.2) is 4.79 Å². The van der Waals surface area contributed by atoms with Crippen molar-refractivity contribution < 1.29 is 24.2 Å². The van der Waals surface area contributed by atoms with E-state index < -0.39 is 6.09 Å². The number of pyridine rings is 1. The van der Waals surface area contributed by atoms with Crippen molar-refractivity contribution in [2.24, 2.45) is 0 Å². The summed E-state index contributed by atoms with van der Waals surface area (Å²) in [6.07, 6.45) is 0.632. The molecule has 1 atom stereocenters. The number of phenolic OH excluding ortho intramolecular Hbond substituents is 1. The number of hydrogen-bond donors (Lipinski definition) is 3. The van der Waals surface area contributed by atoms with E-state index in [-0.39, 0.29) is 43.0 Å². The van der Waals surface area contributed by atoms with Crippen LogP contribution in [0, 0.1) is 0 Å². The number of benzene rings is 1. The lowest BCUT2D eigenvalue weighted by atomic mass is 10.2. The summed E-state index contributed by atoms with van der Waals surface area (Å²) in [6, 6.07) is 8.94. The second kappa shape index (κ2) is 9.05. The Kier molecular flexibility index (Phi) is 6.28. The number of H-pyrrole nitrogens is 1. The van der Waals surface area contributed by atoms with Crippen LogP contribution in [0.3, 0.4) is 0 Å². The highest BCUT2D eigenvalue weighted by molar-refractivity contribution is 5.94. The van der Waals surface area contributed by atoms with Crippen molar-refractivity contribution in [3.05, 3.63) is 64.1 Å². The number of carbonyl (C=O) groups is 2. The van der Waals surface area contributed by atoms with Crippen LogP contribution in [0.1, 0.15) is 15.9 Å². The molecule has 0 saturated carbocycles. The van der Waals surface area contributed by atoms with Crippen LogP contribution in [0.25, 0.3) is 0 Å². The van der Waals surface area contributed by atoms with Crippen molar-refractivity contribution in [1.82, 2.24) is 15.2 Å². The fourth-order valence-corrected chi connectivity index (χ4v) is 2.75. The molecule has 0 radical (unpaired) electrons. The second-order valence-corrected chi connectivity index (χ2v) is 6.31. The molecule has 1 aromatic carbocycles. The topological polar surface area (TPSA) is 121 Å². The molecule has 1 saturated heterocycles. The van der Waals surface area contributed by atoms with Crippen LogP contribution in [0.5, 0.6) is 5.75 Å². The predicted octanol–water partition coefficient (Wildman–Crippen LogP) is 0.848. The van der Waals surface area contributed by atoms with Gasteiger partial charge in [0.1, 0.15) is 12.4 Å². The van der Waals surface area contributed by atoms with E-state index in [0.29, 0.717) is 24.3 Å². The monoisotopic (exact) mass is 387 g/mol. The van der Waals surface area contributed by atoms with Crippen LogP contribution in [-0.4, -0.2) is 59.3 Å². The summed E-state index contributed by atoms with van der Waals surface area (Å²) in [5, 5.41) is 12.0. The molecule has 2 amide bonds. The van der Waals surface area contributed by atoms with Gasteiger partial charge in [0.2, 0.25) is 5.56 Å². The van der Waals surface area contributed by atoms with Gasteiger partial charge in [-0.2, -0.15) is 0 Å². The third-order valence-corrected chi connectivity index (χ3v) is 4.22. The van der Waals surface area contributed by atoms with Gasteiger partial charge in [-0.05, 0) is 35.9 Å². The zero-order chi connectivity index (χ0) is 19.9. The lowest BCUT2D eigenvalue weighted by molar-refractivity contribution is -0.0263. The standard InChI is InChI=1S/C19H21N3O6/c23-15-3-1-14(2-4-15)18(25)21-10-16-11-22(7-8-27-16)19(26)28-12-13-5-6-20-17(24)9-13/h1-6,9,16,23H,7-8,10-12H2,(H,20,24)(H,21,25). The van der Waals surface area contributed by atoms with Crippen LogP contribution in [-0.2, 0) is 16.1 Å². The number of aromatic nitrogens is 1. The molecule has 28 heavy (non-hydrogen) atoms. The molecule has 0 aliphatic carbocycles. The molecule has 3 N–H and O–H groups in total. The maximum Gasteiger partial charge on any atom is 0.410 e. The number of aromatic hydroxyl groups is 1. The number of rotatable bonds is 5. The summed E-state index contributed by atoms with van der Waals surface area (Å²) < 4.78 is 10.8. The third kappa shape index (κ3) is 5.34. The first kappa shape index (κ1) is 19.4. The number of nitrogens with zero attached hydrogens (tertiary/aromatic N) is 1. The molecule has 1 aromatic heterocycles. The molecular formula is C19H21N3O6. The molecule has 1 aliphatic rings. The number of nitrogens with one attached hydrogen (secondary N) is 2. The lowest BCUT2D eigenvalue weighted by Gasteiger charge is -2.32. The SMILES string of the molecule is O=C(NCC1CN(C(=O)OCc2cc[nH]c(=O)c2)CCO1)c1ccc(O)cc1. The van der Waals surface area contributed by atoms with Gasteiger partial charge in [-0.15, -0.1) is 0 Å². The normalized spacial score (nSPS) is 16.4. The van der Waals surface area contributed by atoms with Crippen molar-refractivity contribution in [3.8, 4) is 5.75 Å². The Labute approximate surface area is 160 Å². The maximum absolute atomic E-state index is 12.2. The van der Waals surface area contributed by atoms with Gasteiger partial charge < -0.3 is 29.8 Å². The van der Waals surface area contributed by atoms with Gasteiger partial charge in [0.15, 0.2) is 0 Å². The predicted molar refractivity (Wildman–Crippen MR) is 99.0 cm³/mol. The van der Waals surface area contributed by atoms with E-state index in [9.17, 15) is 19.5 Å². The molecule has 3 rings (SSSR count). The molecule has 9 heteroatoms. The quantitative estimate of drug-likeness (QED) is 0.699. The molecule has 9 nitrogen and oxygen atoms in total. The first-order valence-corrected chi connectivity index (χ1v) is 8.79. The summed E-state index contributed by atoms with van der Waals surface area (Å²) in [5.41, 5.74) is 0.759. The summed E-state index contributed by atoms with van der Waals surface area (Å²) in [7, 11) is 0. The average Bonchev–Trinajstić information content (AvgIpc) is 2.71. The van der Waals surface area contributed by atoms with E-state index in [4.69, 9.17) is 9.47 Å². The Morgan fingerprint density at radius 2 is 2.07 bits per heavy atom. The Bertz CT molecular complexity index is 880. The van der Waals surface area contributed by atoms with Crippen LogP contribution in [0.2, 0.25) is 0 Å². The largest absolute Gasteiger partial charge is 0.508 e. The number of aromatic amines is 1.